The van der Waals surface area contributed by atoms with Gasteiger partial charge in [-0.2, -0.15) is 0 Å². The van der Waals surface area contributed by atoms with Crippen molar-refractivity contribution in [1.29, 1.82) is 0 Å². The number of nitrogen functional groups attached to an aromatic ring is 1. The molecule has 3 nitrogen and oxygen atoms in total. The minimum absolute atomic E-state index is 0.122. The van der Waals surface area contributed by atoms with E-state index in [9.17, 15) is 9.18 Å². The maximum Gasteiger partial charge on any atom is 0.257 e. The zero-order valence-corrected chi connectivity index (χ0v) is 11.8. The second-order valence-electron chi connectivity index (χ2n) is 4.15. The Morgan fingerprint density at radius 2 is 2.00 bits per heavy atom. The summed E-state index contributed by atoms with van der Waals surface area (Å²) in [6.07, 6.45) is 0. The number of hydrogen-bond donors (Lipinski definition) is 2. The van der Waals surface area contributed by atoms with Crippen molar-refractivity contribution in [2.75, 3.05) is 11.1 Å². The number of halogens is 2. The Morgan fingerprint density at radius 1 is 1.26 bits per heavy atom. The summed E-state index contributed by atoms with van der Waals surface area (Å²) in [4.78, 5) is 12.0. The molecule has 0 spiro atoms. The van der Waals surface area contributed by atoms with Gasteiger partial charge in [0.05, 0.1) is 5.56 Å². The van der Waals surface area contributed by atoms with E-state index in [2.05, 4.69) is 21.2 Å². The largest absolute Gasteiger partial charge is 0.398 e. The summed E-state index contributed by atoms with van der Waals surface area (Å²) in [7, 11) is 0. The molecule has 0 atom stereocenters. The number of amides is 1. The van der Waals surface area contributed by atoms with E-state index in [1.807, 2.05) is 13.0 Å². The number of carbonyl (C=O) groups excluding carboxylic acids is 1. The van der Waals surface area contributed by atoms with Crippen LogP contribution in [0.4, 0.5) is 15.8 Å². The van der Waals surface area contributed by atoms with Crippen LogP contribution < -0.4 is 11.1 Å². The SMILES string of the molecule is Cc1ccc(NC(=O)c2cc(F)ccc2N)cc1Br. The van der Waals surface area contributed by atoms with Gasteiger partial charge in [-0.15, -0.1) is 0 Å². The number of carbonyl (C=O) groups is 1. The smallest absolute Gasteiger partial charge is 0.257 e. The number of hydrogen-bond acceptors (Lipinski definition) is 2. The van der Waals surface area contributed by atoms with Crippen molar-refractivity contribution in [3.8, 4) is 0 Å². The average Bonchev–Trinajstić information content (AvgIpc) is 2.36. The molecule has 2 aromatic rings. The predicted molar refractivity (Wildman–Crippen MR) is 77.6 cm³/mol. The number of aryl methyl sites for hydroxylation is 1. The van der Waals surface area contributed by atoms with Crippen LogP contribution >= 0.6 is 15.9 Å². The molecule has 0 aliphatic carbocycles. The minimum Gasteiger partial charge on any atom is -0.398 e. The second kappa shape index (κ2) is 5.40. The first-order valence-electron chi connectivity index (χ1n) is 5.60. The van der Waals surface area contributed by atoms with Gasteiger partial charge in [0.2, 0.25) is 0 Å². The topological polar surface area (TPSA) is 55.1 Å². The summed E-state index contributed by atoms with van der Waals surface area (Å²) in [5, 5.41) is 2.68. The normalized spacial score (nSPS) is 10.3. The maximum atomic E-state index is 13.1. The molecule has 0 bridgehead atoms. The lowest BCUT2D eigenvalue weighted by atomic mass is 10.1. The van der Waals surface area contributed by atoms with Crippen molar-refractivity contribution in [2.45, 2.75) is 6.92 Å². The third-order valence-electron chi connectivity index (χ3n) is 2.69. The fourth-order valence-electron chi connectivity index (χ4n) is 1.59. The van der Waals surface area contributed by atoms with E-state index >= 15 is 0 Å². The molecular formula is C14H12BrFN2O. The molecule has 98 valence electrons. The molecule has 0 fully saturated rings. The van der Waals surface area contributed by atoms with Crippen LogP contribution in [0.25, 0.3) is 0 Å². The molecular weight excluding hydrogens is 311 g/mol. The first-order valence-corrected chi connectivity index (χ1v) is 6.39. The molecule has 19 heavy (non-hydrogen) atoms. The van der Waals surface area contributed by atoms with Crippen molar-refractivity contribution >= 4 is 33.2 Å². The molecule has 0 radical (unpaired) electrons. The van der Waals surface area contributed by atoms with Gasteiger partial charge >= 0.3 is 0 Å². The predicted octanol–water partition coefficient (Wildman–Crippen LogP) is 3.73. The van der Waals surface area contributed by atoms with Gasteiger partial charge in [-0.3, -0.25) is 4.79 Å². The summed E-state index contributed by atoms with van der Waals surface area (Å²) in [6, 6.07) is 9.13. The van der Waals surface area contributed by atoms with E-state index in [4.69, 9.17) is 5.73 Å². The molecule has 0 heterocycles. The van der Waals surface area contributed by atoms with E-state index in [1.165, 1.54) is 12.1 Å². The van der Waals surface area contributed by atoms with Crippen LogP contribution in [0.1, 0.15) is 15.9 Å². The van der Waals surface area contributed by atoms with Crippen LogP contribution in [0.3, 0.4) is 0 Å². The molecule has 3 N–H and O–H groups in total. The molecule has 0 saturated carbocycles. The molecule has 5 heteroatoms. The summed E-state index contributed by atoms with van der Waals surface area (Å²) >= 11 is 3.38. The van der Waals surface area contributed by atoms with Gasteiger partial charge in [-0.1, -0.05) is 22.0 Å². The molecule has 0 aliphatic heterocycles. The van der Waals surface area contributed by atoms with Crippen molar-refractivity contribution in [3.05, 3.63) is 57.8 Å². The standard InChI is InChI=1S/C14H12BrFN2O/c1-8-2-4-10(7-12(8)15)18-14(19)11-6-9(16)3-5-13(11)17/h2-7H,17H2,1H3,(H,18,19). The van der Waals surface area contributed by atoms with Crippen molar-refractivity contribution in [2.24, 2.45) is 0 Å². The Balaban J connectivity index is 2.25. The van der Waals surface area contributed by atoms with E-state index in [1.54, 1.807) is 12.1 Å². The van der Waals surface area contributed by atoms with Crippen LogP contribution in [0.5, 0.6) is 0 Å². The van der Waals surface area contributed by atoms with Crippen LogP contribution in [0, 0.1) is 12.7 Å². The van der Waals surface area contributed by atoms with E-state index in [0.717, 1.165) is 16.1 Å². The maximum absolute atomic E-state index is 13.1. The summed E-state index contributed by atoms with van der Waals surface area (Å²) < 4.78 is 14.0. The highest BCUT2D eigenvalue weighted by molar-refractivity contribution is 9.10. The van der Waals surface area contributed by atoms with Crippen LogP contribution in [-0.4, -0.2) is 5.91 Å². The highest BCUT2D eigenvalue weighted by atomic mass is 79.9. The molecule has 0 aliphatic rings. The molecule has 0 aromatic heterocycles. The van der Waals surface area contributed by atoms with E-state index < -0.39 is 11.7 Å². The number of benzene rings is 2. The first-order chi connectivity index (χ1) is 8.97. The molecule has 0 unspecified atom stereocenters. The van der Waals surface area contributed by atoms with Gasteiger partial charge < -0.3 is 11.1 Å². The molecule has 0 saturated heterocycles. The van der Waals surface area contributed by atoms with Gasteiger partial charge in [0.15, 0.2) is 0 Å². The summed E-state index contributed by atoms with van der Waals surface area (Å²) in [6.45, 7) is 1.94. The van der Waals surface area contributed by atoms with Gasteiger partial charge in [0.25, 0.3) is 5.91 Å². The fraction of sp³-hybridized carbons (Fsp3) is 0.0714. The monoisotopic (exact) mass is 322 g/mol. The highest BCUT2D eigenvalue weighted by Crippen LogP contribution is 2.22. The van der Waals surface area contributed by atoms with E-state index in [0.29, 0.717) is 5.69 Å². The summed E-state index contributed by atoms with van der Waals surface area (Å²) in [5.41, 5.74) is 7.70. The third kappa shape index (κ3) is 3.12. The van der Waals surface area contributed by atoms with Gasteiger partial charge in [0, 0.05) is 15.8 Å². The van der Waals surface area contributed by atoms with Crippen LogP contribution in [-0.2, 0) is 0 Å². The Hall–Kier alpha value is -1.88. The number of anilines is 2. The van der Waals surface area contributed by atoms with Gasteiger partial charge in [-0.25, -0.2) is 4.39 Å². The van der Waals surface area contributed by atoms with Gasteiger partial charge in [-0.05, 0) is 42.8 Å². The lowest BCUT2D eigenvalue weighted by Gasteiger charge is -2.09. The quantitative estimate of drug-likeness (QED) is 0.828. The number of nitrogens with one attached hydrogen (secondary N) is 1. The second-order valence-corrected chi connectivity index (χ2v) is 5.00. The fourth-order valence-corrected chi connectivity index (χ4v) is 1.97. The Morgan fingerprint density at radius 3 is 2.68 bits per heavy atom. The minimum atomic E-state index is -0.496. The highest BCUT2D eigenvalue weighted by Gasteiger charge is 2.11. The Labute approximate surface area is 118 Å². The first kappa shape index (κ1) is 13.5. The average molecular weight is 323 g/mol. The lowest BCUT2D eigenvalue weighted by Crippen LogP contribution is -2.14. The zero-order chi connectivity index (χ0) is 14.0. The Bertz CT molecular complexity index is 643. The molecule has 2 aromatic carbocycles. The van der Waals surface area contributed by atoms with Crippen LogP contribution in [0.15, 0.2) is 40.9 Å². The third-order valence-corrected chi connectivity index (χ3v) is 3.54. The Kier molecular flexibility index (Phi) is 3.85. The zero-order valence-electron chi connectivity index (χ0n) is 10.2. The van der Waals surface area contributed by atoms with Crippen molar-refractivity contribution in [3.63, 3.8) is 0 Å². The van der Waals surface area contributed by atoms with Crippen molar-refractivity contribution in [1.82, 2.24) is 0 Å². The van der Waals surface area contributed by atoms with E-state index in [-0.39, 0.29) is 11.3 Å². The number of rotatable bonds is 2. The van der Waals surface area contributed by atoms with Crippen LogP contribution in [0.2, 0.25) is 0 Å². The number of nitrogens with two attached hydrogens (primary N) is 1. The summed E-state index contributed by atoms with van der Waals surface area (Å²) in [5.74, 6) is -0.933. The van der Waals surface area contributed by atoms with Gasteiger partial charge in [0.1, 0.15) is 5.82 Å². The molecule has 1 amide bonds. The molecule has 2 rings (SSSR count). The lowest BCUT2D eigenvalue weighted by molar-refractivity contribution is 0.102. The van der Waals surface area contributed by atoms with Crippen molar-refractivity contribution < 1.29 is 9.18 Å².